The topological polar surface area (TPSA) is 97.9 Å². The van der Waals surface area contributed by atoms with Gasteiger partial charge in [-0.15, -0.1) is 0 Å². The summed E-state index contributed by atoms with van der Waals surface area (Å²) in [7, 11) is 4.05. The van der Waals surface area contributed by atoms with Crippen molar-refractivity contribution >= 4 is 35.5 Å². The Hall–Kier alpha value is -1.94. The summed E-state index contributed by atoms with van der Waals surface area (Å²) in [6, 6.07) is 0. The molecule has 0 amide bonds. The lowest BCUT2D eigenvalue weighted by Gasteiger charge is -1.95. The Morgan fingerprint density at radius 3 is 1.71 bits per heavy atom. The van der Waals surface area contributed by atoms with Gasteiger partial charge < -0.3 is 19.8 Å². The van der Waals surface area contributed by atoms with Gasteiger partial charge in [-0.1, -0.05) is 6.92 Å². The Balaban J connectivity index is 0. The molecule has 0 radical (unpaired) electrons. The molecular weight excluding hydrogens is 436 g/mol. The van der Waals surface area contributed by atoms with Gasteiger partial charge in [-0.3, -0.25) is 0 Å². The van der Waals surface area contributed by atoms with Gasteiger partial charge in [0.15, 0.2) is 0 Å². The fourth-order valence-electron chi connectivity index (χ4n) is 1.95. The predicted molar refractivity (Wildman–Crippen MR) is 123 cm³/mol. The number of nitrogens with zero attached hydrogens (tertiary/aromatic N) is 4. The molecule has 0 saturated carbocycles. The number of carboxylic acids is 2. The zero-order valence-corrected chi connectivity index (χ0v) is 21.3. The molecule has 2 rings (SSSR count). The van der Waals surface area contributed by atoms with E-state index in [0.717, 1.165) is 13.1 Å². The maximum absolute atomic E-state index is 9.63. The van der Waals surface area contributed by atoms with Crippen LogP contribution in [0.25, 0.3) is 0 Å². The van der Waals surface area contributed by atoms with E-state index in [1.165, 1.54) is 29.9 Å². The first-order valence-electron chi connectivity index (χ1n) is 10.1. The molecule has 0 aliphatic carbocycles. The van der Waals surface area contributed by atoms with E-state index in [2.05, 4.69) is 58.8 Å². The Kier molecular flexibility index (Phi) is 21.5. The largest absolute Gasteiger partial charge is 0.550 e. The molecule has 0 fully saturated rings. The number of aryl methyl sites for hydroxylation is 4. The van der Waals surface area contributed by atoms with Crippen LogP contribution in [-0.4, -0.2) is 45.1 Å². The van der Waals surface area contributed by atoms with Crippen molar-refractivity contribution in [3.8, 4) is 0 Å². The van der Waals surface area contributed by atoms with Crippen molar-refractivity contribution in [2.24, 2.45) is 14.1 Å². The number of aliphatic carboxylic acids is 2. The van der Waals surface area contributed by atoms with Gasteiger partial charge >= 0.3 is 0 Å². The van der Waals surface area contributed by atoms with Crippen LogP contribution in [0.4, 0.5) is 0 Å². The molecule has 0 unspecified atom stereocenters. The van der Waals surface area contributed by atoms with E-state index < -0.39 is 11.9 Å². The highest BCUT2D eigenvalue weighted by Crippen LogP contribution is 1.92. The molecular formula is C21H38N4O4S2. The second kappa shape index (κ2) is 21.3. The van der Waals surface area contributed by atoms with Gasteiger partial charge in [0, 0.05) is 11.9 Å². The third kappa shape index (κ3) is 22.6. The number of rotatable bonds is 9. The Morgan fingerprint density at radius 2 is 1.48 bits per heavy atom. The average Bonchev–Trinajstić information content (AvgIpc) is 3.34. The summed E-state index contributed by atoms with van der Waals surface area (Å²) in [5, 5.41) is 19.3. The van der Waals surface area contributed by atoms with Gasteiger partial charge in [0.25, 0.3) is 0 Å². The van der Waals surface area contributed by atoms with Crippen LogP contribution in [0.2, 0.25) is 0 Å². The van der Waals surface area contributed by atoms with Crippen molar-refractivity contribution in [1.82, 2.24) is 9.13 Å². The Bertz CT molecular complexity index is 687. The van der Waals surface area contributed by atoms with Crippen LogP contribution >= 0.6 is 23.5 Å². The monoisotopic (exact) mass is 474 g/mol. The molecule has 2 aromatic heterocycles. The first kappa shape index (κ1) is 31.2. The molecule has 10 heteroatoms. The highest BCUT2D eigenvalue weighted by Gasteiger charge is 1.95. The molecule has 31 heavy (non-hydrogen) atoms. The predicted octanol–water partition coefficient (Wildman–Crippen LogP) is 0.0339. The zero-order valence-electron chi connectivity index (χ0n) is 19.7. The summed E-state index contributed by atoms with van der Waals surface area (Å²) in [5.74, 6) is -0.617. The van der Waals surface area contributed by atoms with Crippen LogP contribution in [0.3, 0.4) is 0 Å². The summed E-state index contributed by atoms with van der Waals surface area (Å²) >= 11 is 3.02. The summed E-state index contributed by atoms with van der Waals surface area (Å²) in [6.07, 6.45) is 17.6. The highest BCUT2D eigenvalue weighted by atomic mass is 32.2. The van der Waals surface area contributed by atoms with Gasteiger partial charge in [0.05, 0.1) is 27.2 Å². The van der Waals surface area contributed by atoms with Crippen molar-refractivity contribution in [3.63, 3.8) is 0 Å². The number of carboxylic acid groups (broad SMARTS) is 2. The number of carbonyl (C=O) groups is 2. The number of carbonyl (C=O) groups excluding carboxylic acids is 2. The summed E-state index contributed by atoms with van der Waals surface area (Å²) in [6.45, 7) is 6.49. The molecule has 2 aromatic rings. The smallest absolute Gasteiger partial charge is 0.243 e. The molecule has 0 atom stereocenters. The van der Waals surface area contributed by atoms with E-state index in [4.69, 9.17) is 0 Å². The maximum Gasteiger partial charge on any atom is 0.243 e. The van der Waals surface area contributed by atoms with Crippen molar-refractivity contribution in [2.45, 2.75) is 46.2 Å². The SMILES string of the molecule is CCCn1cc[n+](C)c1.CC[n+]1ccn(C)c1.CSCCC(=O)[O-].CSCCC(=O)[O-]. The molecule has 0 saturated heterocycles. The molecule has 8 nitrogen and oxygen atoms in total. The normalized spacial score (nSPS) is 9.35. The van der Waals surface area contributed by atoms with Gasteiger partial charge in [0.1, 0.15) is 24.8 Å². The van der Waals surface area contributed by atoms with Gasteiger partial charge in [-0.2, -0.15) is 23.5 Å². The van der Waals surface area contributed by atoms with E-state index in [1.54, 1.807) is 0 Å². The van der Waals surface area contributed by atoms with Gasteiger partial charge in [-0.25, -0.2) is 18.3 Å². The molecule has 0 N–H and O–H groups in total. The second-order valence-corrected chi connectivity index (χ2v) is 8.43. The van der Waals surface area contributed by atoms with Crippen LogP contribution in [0, 0.1) is 0 Å². The molecule has 2 heterocycles. The third-order valence-corrected chi connectivity index (χ3v) is 4.74. The number of aromatic nitrogens is 4. The van der Waals surface area contributed by atoms with Crippen molar-refractivity contribution in [1.29, 1.82) is 0 Å². The van der Waals surface area contributed by atoms with Crippen LogP contribution < -0.4 is 19.3 Å². The fourth-order valence-corrected chi connectivity index (χ4v) is 2.69. The van der Waals surface area contributed by atoms with E-state index in [1.807, 2.05) is 37.4 Å². The minimum Gasteiger partial charge on any atom is -0.550 e. The minimum atomic E-state index is -0.964. The molecule has 0 aliphatic rings. The van der Waals surface area contributed by atoms with E-state index in [9.17, 15) is 19.8 Å². The van der Waals surface area contributed by atoms with Crippen LogP contribution in [0.1, 0.15) is 33.1 Å². The van der Waals surface area contributed by atoms with E-state index in [-0.39, 0.29) is 12.8 Å². The zero-order chi connectivity index (χ0) is 24.1. The lowest BCUT2D eigenvalue weighted by Crippen LogP contribution is -2.28. The summed E-state index contributed by atoms with van der Waals surface area (Å²) in [4.78, 5) is 19.3. The van der Waals surface area contributed by atoms with Crippen LogP contribution in [0.15, 0.2) is 37.4 Å². The average molecular weight is 475 g/mol. The first-order valence-corrected chi connectivity index (χ1v) is 12.9. The maximum atomic E-state index is 9.63. The lowest BCUT2D eigenvalue weighted by molar-refractivity contribution is -0.693. The number of thioether (sulfide) groups is 2. The lowest BCUT2D eigenvalue weighted by atomic mass is 10.5. The van der Waals surface area contributed by atoms with E-state index in [0.29, 0.717) is 11.5 Å². The number of imidazole rings is 2. The minimum absolute atomic E-state index is 0.168. The van der Waals surface area contributed by atoms with Crippen molar-refractivity contribution in [3.05, 3.63) is 37.4 Å². The van der Waals surface area contributed by atoms with Crippen molar-refractivity contribution < 1.29 is 28.9 Å². The van der Waals surface area contributed by atoms with Gasteiger partial charge in [0.2, 0.25) is 12.7 Å². The quantitative estimate of drug-likeness (QED) is 0.476. The van der Waals surface area contributed by atoms with Crippen molar-refractivity contribution in [2.75, 3.05) is 24.0 Å². The third-order valence-electron chi connectivity index (χ3n) is 3.52. The number of hydrogen-bond donors (Lipinski definition) is 0. The van der Waals surface area contributed by atoms with Gasteiger partial charge in [-0.05, 0) is 50.2 Å². The summed E-state index contributed by atoms with van der Waals surface area (Å²) in [5.41, 5.74) is 0. The standard InChI is InChI=1S/C7H13N2.C6H11N2.2C4H8O2S/c1-3-4-9-6-5-8(2)7-9;1-3-8-5-4-7(2)6-8;2*1-7-3-2-4(5)6/h5-7H,3-4H2,1-2H3;4-6H,3H2,1-2H3;2*2-3H2,1H3,(H,5,6)/q2*+1;;/p-2. The molecule has 178 valence electrons. The second-order valence-electron chi connectivity index (χ2n) is 6.46. The van der Waals surface area contributed by atoms with Crippen LogP contribution in [-0.2, 0) is 36.8 Å². The molecule has 0 aromatic carbocycles. The molecule has 0 spiro atoms. The molecule has 0 aliphatic heterocycles. The Labute approximate surface area is 195 Å². The first-order chi connectivity index (χ1) is 14.7. The molecule has 0 bridgehead atoms. The van der Waals surface area contributed by atoms with E-state index >= 15 is 0 Å². The summed E-state index contributed by atoms with van der Waals surface area (Å²) < 4.78 is 8.39. The Morgan fingerprint density at radius 1 is 0.935 bits per heavy atom. The number of hydrogen-bond acceptors (Lipinski definition) is 6. The fraction of sp³-hybridized carbons (Fsp3) is 0.619. The van der Waals surface area contributed by atoms with Crippen LogP contribution in [0.5, 0.6) is 0 Å². The highest BCUT2D eigenvalue weighted by molar-refractivity contribution is 7.98.